The van der Waals surface area contributed by atoms with Gasteiger partial charge in [-0.15, -0.1) is 0 Å². The lowest BCUT2D eigenvalue weighted by atomic mass is 9.78. The smallest absolute Gasteiger partial charge is 0.380 e. The number of rotatable bonds is 6. The molecule has 2 rings (SSSR count). The zero-order chi connectivity index (χ0) is 19.0. The maximum absolute atomic E-state index is 12.5. The molecular formula is C22H29F3O. The number of aliphatic hydroxyl groups excluding tert-OH is 1. The van der Waals surface area contributed by atoms with Gasteiger partial charge in [0, 0.05) is 5.56 Å². The average Bonchev–Trinajstić information content (AvgIpc) is 2.61. The van der Waals surface area contributed by atoms with Gasteiger partial charge in [0.1, 0.15) is 6.10 Å². The lowest BCUT2D eigenvalue weighted by Crippen LogP contribution is -2.19. The molecule has 144 valence electrons. The van der Waals surface area contributed by atoms with Crippen molar-refractivity contribution in [2.24, 2.45) is 11.8 Å². The van der Waals surface area contributed by atoms with Gasteiger partial charge in [0.15, 0.2) is 0 Å². The van der Waals surface area contributed by atoms with Crippen LogP contribution in [0.5, 0.6) is 0 Å². The molecule has 0 heterocycles. The van der Waals surface area contributed by atoms with Crippen molar-refractivity contribution in [1.82, 2.24) is 0 Å². The highest BCUT2D eigenvalue weighted by Gasteiger charge is 2.29. The van der Waals surface area contributed by atoms with Crippen LogP contribution in [0.1, 0.15) is 75.8 Å². The molecule has 1 aliphatic rings. The molecule has 0 aromatic heterocycles. The summed E-state index contributed by atoms with van der Waals surface area (Å²) in [7, 11) is 0. The zero-order valence-corrected chi connectivity index (χ0v) is 15.5. The first kappa shape index (κ1) is 20.8. The molecule has 1 unspecified atom stereocenters. The molecule has 0 amide bonds. The Labute approximate surface area is 155 Å². The van der Waals surface area contributed by atoms with Crippen molar-refractivity contribution in [2.45, 2.75) is 77.0 Å². The van der Waals surface area contributed by atoms with Gasteiger partial charge in [-0.2, -0.15) is 13.2 Å². The van der Waals surface area contributed by atoms with Gasteiger partial charge >= 0.3 is 6.18 Å². The Morgan fingerprint density at radius 3 is 2.23 bits per heavy atom. The first-order chi connectivity index (χ1) is 12.4. The van der Waals surface area contributed by atoms with Crippen molar-refractivity contribution in [3.8, 4) is 11.8 Å². The van der Waals surface area contributed by atoms with Gasteiger partial charge in [-0.05, 0) is 42.5 Å². The third-order valence-electron chi connectivity index (χ3n) is 5.33. The minimum absolute atomic E-state index is 0.497. The summed E-state index contributed by atoms with van der Waals surface area (Å²) in [6, 6.07) is 4.75. The number of unbranched alkanes of at least 4 members (excludes halogenated alkanes) is 2. The Morgan fingerprint density at radius 2 is 1.65 bits per heavy atom. The number of halogens is 3. The molecule has 1 aromatic carbocycles. The van der Waals surface area contributed by atoms with Crippen LogP contribution in [-0.4, -0.2) is 11.2 Å². The summed E-state index contributed by atoms with van der Waals surface area (Å²) in [5, 5.41) is 10.1. The van der Waals surface area contributed by atoms with Crippen LogP contribution >= 0.6 is 0 Å². The molecule has 1 nitrogen and oxygen atoms in total. The molecular weight excluding hydrogens is 337 g/mol. The second-order valence-electron chi connectivity index (χ2n) is 7.48. The fourth-order valence-corrected chi connectivity index (χ4v) is 3.72. The van der Waals surface area contributed by atoms with E-state index in [9.17, 15) is 18.3 Å². The number of alkyl halides is 3. The second-order valence-corrected chi connectivity index (χ2v) is 7.48. The fourth-order valence-electron chi connectivity index (χ4n) is 3.72. The van der Waals surface area contributed by atoms with Gasteiger partial charge in [-0.3, -0.25) is 0 Å². The van der Waals surface area contributed by atoms with Gasteiger partial charge in [0.2, 0.25) is 0 Å². The highest BCUT2D eigenvalue weighted by Crippen LogP contribution is 2.34. The topological polar surface area (TPSA) is 20.2 Å². The molecule has 0 aliphatic heterocycles. The largest absolute Gasteiger partial charge is 0.416 e. The van der Waals surface area contributed by atoms with Crippen LogP contribution < -0.4 is 0 Å². The summed E-state index contributed by atoms with van der Waals surface area (Å²) in [5.41, 5.74) is -0.184. The fraction of sp³-hybridized carbons (Fsp3) is 0.636. The molecule has 1 saturated carbocycles. The highest BCUT2D eigenvalue weighted by molar-refractivity contribution is 5.37. The first-order valence-corrected chi connectivity index (χ1v) is 9.75. The van der Waals surface area contributed by atoms with Crippen molar-refractivity contribution >= 4 is 0 Å². The van der Waals surface area contributed by atoms with Gasteiger partial charge in [0.25, 0.3) is 0 Å². The van der Waals surface area contributed by atoms with Crippen molar-refractivity contribution in [1.29, 1.82) is 0 Å². The molecule has 0 radical (unpaired) electrons. The normalized spacial score (nSPS) is 21.7. The van der Waals surface area contributed by atoms with E-state index in [1.807, 2.05) is 0 Å². The molecule has 4 heteroatoms. The van der Waals surface area contributed by atoms with Crippen LogP contribution in [-0.2, 0) is 6.18 Å². The molecule has 1 N–H and O–H groups in total. The lowest BCUT2D eigenvalue weighted by Gasteiger charge is -2.29. The monoisotopic (exact) mass is 366 g/mol. The molecule has 0 spiro atoms. The predicted octanol–water partition coefficient (Wildman–Crippen LogP) is 6.19. The zero-order valence-electron chi connectivity index (χ0n) is 15.5. The van der Waals surface area contributed by atoms with Crippen molar-refractivity contribution in [3.05, 3.63) is 35.4 Å². The first-order valence-electron chi connectivity index (χ1n) is 9.75. The van der Waals surface area contributed by atoms with E-state index in [2.05, 4.69) is 18.8 Å². The molecule has 26 heavy (non-hydrogen) atoms. The number of aliphatic hydroxyl groups is 1. The Kier molecular flexibility index (Phi) is 8.03. The van der Waals surface area contributed by atoms with Crippen molar-refractivity contribution < 1.29 is 18.3 Å². The van der Waals surface area contributed by atoms with Crippen molar-refractivity contribution in [2.75, 3.05) is 0 Å². The van der Waals surface area contributed by atoms with Gasteiger partial charge < -0.3 is 5.11 Å². The van der Waals surface area contributed by atoms with Crippen LogP contribution in [0.3, 0.4) is 0 Å². The van der Waals surface area contributed by atoms with E-state index >= 15 is 0 Å². The van der Waals surface area contributed by atoms with E-state index in [1.54, 1.807) is 0 Å². The van der Waals surface area contributed by atoms with E-state index in [-0.39, 0.29) is 0 Å². The molecule has 0 bridgehead atoms. The average molecular weight is 366 g/mol. The maximum atomic E-state index is 12.5. The minimum atomic E-state index is -4.33. The number of hydrogen-bond acceptors (Lipinski definition) is 1. The molecule has 1 atom stereocenters. The van der Waals surface area contributed by atoms with E-state index in [0.29, 0.717) is 17.9 Å². The SMILES string of the molecule is CCCCCC1CCC(CC(O)C#Cc2ccc(C(F)(F)F)cc2)CC1. The summed E-state index contributed by atoms with van der Waals surface area (Å²) in [6.45, 7) is 2.23. The van der Waals surface area contributed by atoms with Gasteiger partial charge in [-0.1, -0.05) is 70.1 Å². The third-order valence-corrected chi connectivity index (χ3v) is 5.33. The standard InChI is InChI=1S/C22H29F3O/c1-2-3-4-5-17-6-8-19(9-7-17)16-21(26)15-12-18-10-13-20(14-11-18)22(23,24)25/h10-11,13-14,17,19,21,26H,2-9,16H2,1H3. The molecule has 1 aliphatic carbocycles. The second kappa shape index (κ2) is 10.0. The Morgan fingerprint density at radius 1 is 1.04 bits per heavy atom. The number of benzene rings is 1. The van der Waals surface area contributed by atoms with Crippen LogP contribution in [0.15, 0.2) is 24.3 Å². The maximum Gasteiger partial charge on any atom is 0.416 e. The Bertz CT molecular complexity index is 587. The van der Waals surface area contributed by atoms with Gasteiger partial charge in [0.05, 0.1) is 5.56 Å². The molecule has 1 aromatic rings. The lowest BCUT2D eigenvalue weighted by molar-refractivity contribution is -0.137. The van der Waals surface area contributed by atoms with Crippen LogP contribution in [0.4, 0.5) is 13.2 Å². The Hall–Kier alpha value is -1.47. The van der Waals surface area contributed by atoms with Gasteiger partial charge in [-0.25, -0.2) is 0 Å². The Balaban J connectivity index is 1.76. The summed E-state index contributed by atoms with van der Waals surface area (Å²) >= 11 is 0. The van der Waals surface area contributed by atoms with Crippen LogP contribution in [0.25, 0.3) is 0 Å². The number of hydrogen-bond donors (Lipinski definition) is 1. The predicted molar refractivity (Wildman–Crippen MR) is 98.5 cm³/mol. The highest BCUT2D eigenvalue weighted by atomic mass is 19.4. The molecule has 0 saturated heterocycles. The minimum Gasteiger partial charge on any atom is -0.380 e. The summed E-state index contributed by atoms with van der Waals surface area (Å²) in [5.74, 6) is 6.92. The molecule has 1 fully saturated rings. The summed E-state index contributed by atoms with van der Waals surface area (Å²) in [4.78, 5) is 0. The summed E-state index contributed by atoms with van der Waals surface area (Å²) < 4.78 is 37.6. The quantitative estimate of drug-likeness (QED) is 0.470. The van der Waals surface area contributed by atoms with E-state index in [0.717, 1.165) is 30.9 Å². The van der Waals surface area contributed by atoms with E-state index in [1.165, 1.54) is 50.7 Å². The van der Waals surface area contributed by atoms with Crippen LogP contribution in [0, 0.1) is 23.7 Å². The van der Waals surface area contributed by atoms with Crippen LogP contribution in [0.2, 0.25) is 0 Å². The van der Waals surface area contributed by atoms with Crippen molar-refractivity contribution in [3.63, 3.8) is 0 Å². The summed E-state index contributed by atoms with van der Waals surface area (Å²) in [6.07, 6.45) is 5.64. The third kappa shape index (κ3) is 7.03. The van der Waals surface area contributed by atoms with E-state index in [4.69, 9.17) is 0 Å². The van der Waals surface area contributed by atoms with E-state index < -0.39 is 17.8 Å².